The maximum atomic E-state index is 12.8. The summed E-state index contributed by atoms with van der Waals surface area (Å²) in [5.74, 6) is -0.0464. The van der Waals surface area contributed by atoms with Crippen LogP contribution in [0.25, 0.3) is 11.1 Å². The van der Waals surface area contributed by atoms with Gasteiger partial charge in [-0.25, -0.2) is 9.59 Å². The van der Waals surface area contributed by atoms with Crippen molar-refractivity contribution in [1.29, 1.82) is 0 Å². The number of piperidine rings is 1. The number of likely N-dealkylation sites (tertiary alicyclic amines) is 1. The summed E-state index contributed by atoms with van der Waals surface area (Å²) < 4.78 is 12.5. The molecule has 4 rings (SSSR count). The van der Waals surface area contributed by atoms with E-state index in [2.05, 4.69) is 25.2 Å². The van der Waals surface area contributed by atoms with E-state index in [9.17, 15) is 9.59 Å². The molecule has 2 amide bonds. The van der Waals surface area contributed by atoms with E-state index < -0.39 is 0 Å². The van der Waals surface area contributed by atoms with Crippen molar-refractivity contribution >= 4 is 17.1 Å². The number of hydrogen-bond acceptors (Lipinski definition) is 4. The molecular weight excluding hydrogens is 406 g/mol. The highest BCUT2D eigenvalue weighted by atomic mass is 16.5. The normalized spacial score (nSPS) is 18.1. The number of aromatic nitrogens is 1. The first kappa shape index (κ1) is 22.1. The zero-order chi connectivity index (χ0) is 22.7. The van der Waals surface area contributed by atoms with Crippen molar-refractivity contribution in [1.82, 2.24) is 14.8 Å². The molecule has 32 heavy (non-hydrogen) atoms. The Morgan fingerprint density at radius 2 is 2.00 bits per heavy atom. The van der Waals surface area contributed by atoms with Gasteiger partial charge in [-0.1, -0.05) is 36.4 Å². The van der Waals surface area contributed by atoms with Crippen LogP contribution in [0.5, 0.6) is 0 Å². The number of ether oxygens (including phenoxy) is 1. The van der Waals surface area contributed by atoms with Gasteiger partial charge >= 0.3 is 11.8 Å². The first-order valence-electron chi connectivity index (χ1n) is 11.1. The smallest absolute Gasteiger partial charge is 0.408 e. The molecule has 0 spiro atoms. The molecule has 170 valence electrons. The number of aryl methyl sites for hydroxylation is 1. The molecule has 1 aromatic heterocycles. The molecule has 0 saturated carbocycles. The molecule has 3 aromatic rings. The minimum absolute atomic E-state index is 0.0544. The van der Waals surface area contributed by atoms with Gasteiger partial charge in [-0.3, -0.25) is 4.57 Å². The molecule has 1 saturated heterocycles. The van der Waals surface area contributed by atoms with Crippen molar-refractivity contribution in [3.63, 3.8) is 0 Å². The third-order valence-electron chi connectivity index (χ3n) is 6.34. The average molecular weight is 438 g/mol. The van der Waals surface area contributed by atoms with Crippen LogP contribution >= 0.6 is 0 Å². The Morgan fingerprint density at radius 3 is 2.75 bits per heavy atom. The van der Waals surface area contributed by atoms with Crippen LogP contribution in [0.4, 0.5) is 4.79 Å². The Balaban J connectivity index is 1.30. The molecule has 2 heterocycles. The predicted molar refractivity (Wildman–Crippen MR) is 124 cm³/mol. The summed E-state index contributed by atoms with van der Waals surface area (Å²) in [5, 5.41) is 2.99. The van der Waals surface area contributed by atoms with Crippen molar-refractivity contribution in [3.05, 3.63) is 70.2 Å². The lowest BCUT2D eigenvalue weighted by molar-refractivity contribution is 0.0867. The van der Waals surface area contributed by atoms with Crippen LogP contribution in [-0.2, 0) is 18.4 Å². The van der Waals surface area contributed by atoms with Gasteiger partial charge in [-0.05, 0) is 55.9 Å². The number of rotatable bonds is 6. The second-order valence-electron chi connectivity index (χ2n) is 9.08. The third kappa shape index (κ3) is 4.72. The average Bonchev–Trinajstić information content (AvgIpc) is 3.06. The van der Waals surface area contributed by atoms with Crippen LogP contribution in [-0.4, -0.2) is 40.7 Å². The summed E-state index contributed by atoms with van der Waals surface area (Å²) in [4.78, 5) is 26.5. The van der Waals surface area contributed by atoms with Crippen LogP contribution in [0.2, 0.25) is 0 Å². The Hall–Kier alpha value is -3.06. The number of urea groups is 1. The minimum Gasteiger partial charge on any atom is -0.408 e. The second kappa shape index (κ2) is 9.20. The fourth-order valence-electron chi connectivity index (χ4n) is 4.56. The number of nitrogens with zero attached hydrogens (tertiary/aromatic N) is 2. The maximum absolute atomic E-state index is 12.8. The fraction of sp³-hybridized carbons (Fsp3) is 0.440. The fourth-order valence-corrected chi connectivity index (χ4v) is 4.56. The zero-order valence-corrected chi connectivity index (χ0v) is 19.0. The van der Waals surface area contributed by atoms with Gasteiger partial charge in [0.15, 0.2) is 5.58 Å². The third-order valence-corrected chi connectivity index (χ3v) is 6.34. The van der Waals surface area contributed by atoms with Gasteiger partial charge in [0.05, 0.1) is 18.7 Å². The largest absolute Gasteiger partial charge is 0.419 e. The first-order valence-corrected chi connectivity index (χ1v) is 11.1. The van der Waals surface area contributed by atoms with E-state index in [0.717, 1.165) is 29.5 Å². The van der Waals surface area contributed by atoms with Crippen LogP contribution in [0, 0.1) is 0 Å². The number of carbonyl (C=O) groups excluding carboxylic acids is 1. The highest BCUT2D eigenvalue weighted by Crippen LogP contribution is 2.38. The Bertz CT molecular complexity index is 1130. The summed E-state index contributed by atoms with van der Waals surface area (Å²) in [7, 11) is 1.71. The molecule has 0 aliphatic carbocycles. The molecule has 1 aliphatic heterocycles. The summed E-state index contributed by atoms with van der Waals surface area (Å²) in [6.45, 7) is 6.37. The van der Waals surface area contributed by atoms with Gasteiger partial charge in [0.2, 0.25) is 0 Å². The van der Waals surface area contributed by atoms with E-state index in [1.807, 2.05) is 47.4 Å². The molecule has 1 atom stereocenters. The second-order valence-corrected chi connectivity index (χ2v) is 9.08. The van der Waals surface area contributed by atoms with Crippen LogP contribution in [0.3, 0.4) is 0 Å². The lowest BCUT2D eigenvalue weighted by Gasteiger charge is -2.45. The number of amides is 2. The summed E-state index contributed by atoms with van der Waals surface area (Å²) in [5.41, 5.74) is 3.39. The topological polar surface area (TPSA) is 76.7 Å². The molecule has 7 nitrogen and oxygen atoms in total. The first-order chi connectivity index (χ1) is 15.3. The monoisotopic (exact) mass is 437 g/mol. The van der Waals surface area contributed by atoms with E-state index >= 15 is 0 Å². The Labute approximate surface area is 188 Å². The van der Waals surface area contributed by atoms with E-state index in [-0.39, 0.29) is 17.3 Å². The number of hydrogen-bond donors (Lipinski definition) is 1. The molecule has 1 fully saturated rings. The van der Waals surface area contributed by atoms with Gasteiger partial charge < -0.3 is 19.4 Å². The SMILES string of the molecule is Cn1c(=O)oc2cc(C3CCN(C(=O)NCCOCc4ccccc4)C(C)(C)C3)ccc21. The minimum atomic E-state index is -0.350. The van der Waals surface area contributed by atoms with Crippen molar-refractivity contribution in [2.24, 2.45) is 7.05 Å². The molecule has 7 heteroatoms. The van der Waals surface area contributed by atoms with Crippen LogP contribution < -0.4 is 11.1 Å². The standard InChI is InChI=1S/C25H31N3O4/c1-25(2)16-20(19-9-10-21-22(15-19)32-24(30)27(21)3)11-13-28(25)23(29)26-12-14-31-17-18-7-5-4-6-8-18/h4-10,15,20H,11-14,16-17H2,1-3H3,(H,26,29). The predicted octanol–water partition coefficient (Wildman–Crippen LogP) is 4.02. The quantitative estimate of drug-likeness (QED) is 0.591. The van der Waals surface area contributed by atoms with Crippen molar-refractivity contribution < 1.29 is 13.9 Å². The van der Waals surface area contributed by atoms with Gasteiger partial charge in [0.25, 0.3) is 0 Å². The van der Waals surface area contributed by atoms with Gasteiger partial charge in [0.1, 0.15) is 0 Å². The van der Waals surface area contributed by atoms with Gasteiger partial charge in [-0.2, -0.15) is 0 Å². The highest BCUT2D eigenvalue weighted by Gasteiger charge is 2.38. The highest BCUT2D eigenvalue weighted by molar-refractivity contribution is 5.75. The molecule has 2 aromatic carbocycles. The molecule has 0 radical (unpaired) electrons. The lowest BCUT2D eigenvalue weighted by atomic mass is 9.79. The van der Waals surface area contributed by atoms with Crippen molar-refractivity contribution in [3.8, 4) is 0 Å². The lowest BCUT2D eigenvalue weighted by Crippen LogP contribution is -2.56. The summed E-state index contributed by atoms with van der Waals surface area (Å²) in [6, 6.07) is 15.9. The van der Waals surface area contributed by atoms with Crippen LogP contribution in [0.1, 0.15) is 43.7 Å². The number of carbonyl (C=O) groups is 1. The van der Waals surface area contributed by atoms with E-state index in [0.29, 0.717) is 37.8 Å². The summed E-state index contributed by atoms with van der Waals surface area (Å²) in [6.07, 6.45) is 1.71. The number of benzene rings is 2. The van der Waals surface area contributed by atoms with E-state index in [1.54, 1.807) is 7.05 Å². The maximum Gasteiger partial charge on any atom is 0.419 e. The zero-order valence-electron chi connectivity index (χ0n) is 19.0. The van der Waals surface area contributed by atoms with Crippen LogP contribution in [0.15, 0.2) is 57.7 Å². The molecule has 1 unspecified atom stereocenters. The van der Waals surface area contributed by atoms with E-state index in [1.165, 1.54) is 4.57 Å². The number of nitrogens with one attached hydrogen (secondary N) is 1. The molecule has 1 N–H and O–H groups in total. The Morgan fingerprint density at radius 1 is 1.22 bits per heavy atom. The van der Waals surface area contributed by atoms with Gasteiger partial charge in [-0.15, -0.1) is 0 Å². The Kier molecular flexibility index (Phi) is 6.37. The summed E-state index contributed by atoms with van der Waals surface area (Å²) >= 11 is 0. The molecule has 1 aliphatic rings. The molecule has 0 bridgehead atoms. The number of fused-ring (bicyclic) bond motifs is 1. The van der Waals surface area contributed by atoms with Gasteiger partial charge in [0, 0.05) is 25.7 Å². The van der Waals surface area contributed by atoms with Crippen molar-refractivity contribution in [2.75, 3.05) is 19.7 Å². The number of oxazole rings is 1. The van der Waals surface area contributed by atoms with Crippen molar-refractivity contribution in [2.45, 2.75) is 44.8 Å². The van der Waals surface area contributed by atoms with E-state index in [4.69, 9.17) is 9.15 Å². The molecular formula is C25H31N3O4.